The first kappa shape index (κ1) is 16.3. The second kappa shape index (κ2) is 6.91. The number of nitrogens with zero attached hydrogens (tertiary/aromatic N) is 1. The Labute approximate surface area is 138 Å². The van der Waals surface area contributed by atoms with E-state index in [1.54, 1.807) is 0 Å². The van der Waals surface area contributed by atoms with Crippen LogP contribution in [0.3, 0.4) is 0 Å². The summed E-state index contributed by atoms with van der Waals surface area (Å²) in [5.74, 6) is -0.0477. The highest BCUT2D eigenvalue weighted by Crippen LogP contribution is 2.32. The summed E-state index contributed by atoms with van der Waals surface area (Å²) in [5, 5.41) is 13.4. The number of carbonyl (C=O) groups is 1. The highest BCUT2D eigenvalue weighted by atomic mass is 16.3. The molecule has 1 aromatic carbocycles. The molecule has 4 nitrogen and oxygen atoms in total. The van der Waals surface area contributed by atoms with Gasteiger partial charge in [0.05, 0.1) is 18.1 Å². The van der Waals surface area contributed by atoms with E-state index >= 15 is 0 Å². The Morgan fingerprint density at radius 1 is 1.26 bits per heavy atom. The summed E-state index contributed by atoms with van der Waals surface area (Å²) in [6.45, 7) is 4.26. The predicted molar refractivity (Wildman–Crippen MR) is 92.5 cm³/mol. The Hall–Kier alpha value is -1.55. The number of hydrogen-bond acceptors (Lipinski definition) is 3. The summed E-state index contributed by atoms with van der Waals surface area (Å²) >= 11 is 0. The molecule has 0 radical (unpaired) electrons. The molecule has 1 aliphatic heterocycles. The molecule has 126 valence electrons. The average molecular weight is 316 g/mol. The van der Waals surface area contributed by atoms with E-state index in [-0.39, 0.29) is 18.4 Å². The van der Waals surface area contributed by atoms with E-state index in [1.807, 2.05) is 6.92 Å². The van der Waals surface area contributed by atoms with Crippen molar-refractivity contribution in [3.8, 4) is 0 Å². The molecule has 1 aliphatic carbocycles. The van der Waals surface area contributed by atoms with Crippen LogP contribution < -0.4 is 10.2 Å². The number of amides is 1. The monoisotopic (exact) mass is 316 g/mol. The van der Waals surface area contributed by atoms with Crippen LogP contribution >= 0.6 is 0 Å². The van der Waals surface area contributed by atoms with Crippen LogP contribution in [-0.4, -0.2) is 29.7 Å². The van der Waals surface area contributed by atoms with Gasteiger partial charge in [-0.25, -0.2) is 0 Å². The summed E-state index contributed by atoms with van der Waals surface area (Å²) in [6, 6.07) is 8.42. The number of nitrogens with one attached hydrogen (secondary N) is 1. The lowest BCUT2D eigenvalue weighted by Gasteiger charge is -2.24. The SMILES string of the molecule is CC(NC(=O)CC1(O)CCCC1)c1cccc(N2CCCC2)c1. The summed E-state index contributed by atoms with van der Waals surface area (Å²) in [7, 11) is 0. The minimum atomic E-state index is -0.777. The van der Waals surface area contributed by atoms with Crippen LogP contribution in [0.15, 0.2) is 24.3 Å². The highest BCUT2D eigenvalue weighted by molar-refractivity contribution is 5.77. The van der Waals surface area contributed by atoms with Crippen LogP contribution in [-0.2, 0) is 4.79 Å². The lowest BCUT2D eigenvalue weighted by atomic mass is 9.97. The topological polar surface area (TPSA) is 52.6 Å². The lowest BCUT2D eigenvalue weighted by Crippen LogP contribution is -2.35. The fraction of sp³-hybridized carbons (Fsp3) is 0.632. The van der Waals surface area contributed by atoms with E-state index < -0.39 is 5.60 Å². The number of anilines is 1. The Morgan fingerprint density at radius 3 is 2.65 bits per heavy atom. The van der Waals surface area contributed by atoms with Gasteiger partial charge in [0, 0.05) is 18.8 Å². The first-order valence-corrected chi connectivity index (χ1v) is 8.92. The molecule has 1 saturated carbocycles. The van der Waals surface area contributed by atoms with E-state index in [0.29, 0.717) is 0 Å². The van der Waals surface area contributed by atoms with Crippen LogP contribution in [0.25, 0.3) is 0 Å². The van der Waals surface area contributed by atoms with Crippen molar-refractivity contribution in [3.63, 3.8) is 0 Å². The van der Waals surface area contributed by atoms with Crippen molar-refractivity contribution in [3.05, 3.63) is 29.8 Å². The van der Waals surface area contributed by atoms with Gasteiger partial charge in [-0.2, -0.15) is 0 Å². The molecule has 1 aromatic rings. The highest BCUT2D eigenvalue weighted by Gasteiger charge is 2.33. The molecule has 1 unspecified atom stereocenters. The van der Waals surface area contributed by atoms with Crippen molar-refractivity contribution in [1.82, 2.24) is 5.32 Å². The van der Waals surface area contributed by atoms with Crippen molar-refractivity contribution in [2.75, 3.05) is 18.0 Å². The van der Waals surface area contributed by atoms with Gasteiger partial charge in [0.15, 0.2) is 0 Å². The number of aliphatic hydroxyl groups is 1. The lowest BCUT2D eigenvalue weighted by molar-refractivity contribution is -0.126. The summed E-state index contributed by atoms with van der Waals surface area (Å²) in [4.78, 5) is 14.6. The van der Waals surface area contributed by atoms with Gasteiger partial charge in [-0.05, 0) is 50.3 Å². The predicted octanol–water partition coefficient (Wildman–Crippen LogP) is 3.16. The molecule has 4 heteroatoms. The van der Waals surface area contributed by atoms with Crippen LogP contribution in [0.4, 0.5) is 5.69 Å². The third-order valence-electron chi connectivity index (χ3n) is 5.24. The molecular weight excluding hydrogens is 288 g/mol. The molecule has 1 heterocycles. The van der Waals surface area contributed by atoms with Crippen molar-refractivity contribution in [1.29, 1.82) is 0 Å². The largest absolute Gasteiger partial charge is 0.389 e. The fourth-order valence-corrected chi connectivity index (χ4v) is 3.85. The zero-order chi connectivity index (χ0) is 16.3. The Bertz CT molecular complexity index is 546. The molecule has 2 N–H and O–H groups in total. The Kier molecular flexibility index (Phi) is 4.90. The number of hydrogen-bond donors (Lipinski definition) is 2. The zero-order valence-electron chi connectivity index (χ0n) is 14.1. The third-order valence-corrected chi connectivity index (χ3v) is 5.24. The Morgan fingerprint density at radius 2 is 1.96 bits per heavy atom. The van der Waals surface area contributed by atoms with Gasteiger partial charge in [-0.15, -0.1) is 0 Å². The quantitative estimate of drug-likeness (QED) is 0.877. The molecule has 0 spiro atoms. The van der Waals surface area contributed by atoms with E-state index in [4.69, 9.17) is 0 Å². The summed E-state index contributed by atoms with van der Waals surface area (Å²) in [6.07, 6.45) is 6.29. The fourth-order valence-electron chi connectivity index (χ4n) is 3.85. The first-order chi connectivity index (χ1) is 11.1. The van der Waals surface area contributed by atoms with Gasteiger partial charge in [-0.3, -0.25) is 4.79 Å². The van der Waals surface area contributed by atoms with Gasteiger partial charge in [0.2, 0.25) is 5.91 Å². The number of carbonyl (C=O) groups excluding carboxylic acids is 1. The van der Waals surface area contributed by atoms with E-state index in [0.717, 1.165) is 44.3 Å². The molecule has 1 atom stereocenters. The van der Waals surface area contributed by atoms with E-state index in [2.05, 4.69) is 34.5 Å². The second-order valence-corrected chi connectivity index (χ2v) is 7.19. The molecule has 1 amide bonds. The van der Waals surface area contributed by atoms with Crippen molar-refractivity contribution >= 4 is 11.6 Å². The van der Waals surface area contributed by atoms with Crippen LogP contribution in [0.2, 0.25) is 0 Å². The van der Waals surface area contributed by atoms with Crippen LogP contribution in [0, 0.1) is 0 Å². The summed E-state index contributed by atoms with van der Waals surface area (Å²) in [5.41, 5.74) is 1.60. The van der Waals surface area contributed by atoms with Gasteiger partial charge in [0.1, 0.15) is 0 Å². The van der Waals surface area contributed by atoms with Gasteiger partial charge in [-0.1, -0.05) is 25.0 Å². The molecule has 1 saturated heterocycles. The third kappa shape index (κ3) is 4.05. The minimum absolute atomic E-state index is 0.0324. The molecule has 2 aliphatic rings. The molecular formula is C19H28N2O2. The summed E-state index contributed by atoms with van der Waals surface area (Å²) < 4.78 is 0. The zero-order valence-corrected chi connectivity index (χ0v) is 14.1. The van der Waals surface area contributed by atoms with Crippen molar-refractivity contribution in [2.24, 2.45) is 0 Å². The van der Waals surface area contributed by atoms with Gasteiger partial charge < -0.3 is 15.3 Å². The number of rotatable bonds is 5. The van der Waals surface area contributed by atoms with Crippen molar-refractivity contribution < 1.29 is 9.90 Å². The van der Waals surface area contributed by atoms with Crippen LogP contribution in [0.1, 0.15) is 63.5 Å². The minimum Gasteiger partial charge on any atom is -0.389 e. The molecule has 3 rings (SSSR count). The van der Waals surface area contributed by atoms with Crippen LogP contribution in [0.5, 0.6) is 0 Å². The molecule has 0 aromatic heterocycles. The Balaban J connectivity index is 1.60. The van der Waals surface area contributed by atoms with E-state index in [1.165, 1.54) is 18.5 Å². The van der Waals surface area contributed by atoms with E-state index in [9.17, 15) is 9.90 Å². The maximum atomic E-state index is 12.2. The average Bonchev–Trinajstić information content (AvgIpc) is 3.19. The van der Waals surface area contributed by atoms with Gasteiger partial charge in [0.25, 0.3) is 0 Å². The normalized spacial score (nSPS) is 21.4. The van der Waals surface area contributed by atoms with Gasteiger partial charge >= 0.3 is 0 Å². The molecule has 2 fully saturated rings. The smallest absolute Gasteiger partial charge is 0.223 e. The maximum absolute atomic E-state index is 12.2. The first-order valence-electron chi connectivity index (χ1n) is 8.92. The standard InChI is InChI=1S/C19H28N2O2/c1-15(20-18(22)14-19(23)9-2-3-10-19)16-7-6-8-17(13-16)21-11-4-5-12-21/h6-8,13,15,23H,2-5,9-12,14H2,1H3,(H,20,22). The number of benzene rings is 1. The molecule has 0 bridgehead atoms. The van der Waals surface area contributed by atoms with Crippen molar-refractivity contribution in [2.45, 2.75) is 63.5 Å². The second-order valence-electron chi connectivity index (χ2n) is 7.19. The molecule has 23 heavy (non-hydrogen) atoms. The maximum Gasteiger partial charge on any atom is 0.223 e.